The van der Waals surface area contributed by atoms with Crippen LogP contribution in [0.25, 0.3) is 0 Å². The lowest BCUT2D eigenvalue weighted by molar-refractivity contribution is 0.0555. The highest BCUT2D eigenvalue weighted by Crippen LogP contribution is 2.40. The van der Waals surface area contributed by atoms with Crippen molar-refractivity contribution in [3.63, 3.8) is 0 Å². The van der Waals surface area contributed by atoms with Crippen LogP contribution in [0.15, 0.2) is 18.2 Å². The Morgan fingerprint density at radius 3 is 2.25 bits per heavy atom. The molecule has 1 aliphatic heterocycles. The monoisotopic (exact) mass is 338 g/mol. The predicted octanol–water partition coefficient (Wildman–Crippen LogP) is 5.94. The van der Waals surface area contributed by atoms with Gasteiger partial charge in [-0.1, -0.05) is 61.8 Å². The van der Waals surface area contributed by atoms with Crippen molar-refractivity contribution in [1.82, 2.24) is 0 Å². The summed E-state index contributed by atoms with van der Waals surface area (Å²) in [6, 6.07) is 6.96. The van der Waals surface area contributed by atoms with Gasteiger partial charge in [0.25, 0.3) is 0 Å². The first kappa shape index (κ1) is 16.0. The lowest BCUT2D eigenvalue weighted by atomic mass is 9.89. The second-order valence-corrected chi connectivity index (χ2v) is 7.65. The van der Waals surface area contributed by atoms with Crippen LogP contribution in [0.1, 0.15) is 80.8 Å². The number of halogens is 1. The molecule has 1 saturated heterocycles. The minimum Gasteiger partial charge on any atom is -0.374 e. The van der Waals surface area contributed by atoms with Crippen LogP contribution >= 0.6 is 15.9 Å². The summed E-state index contributed by atoms with van der Waals surface area (Å²) in [5.41, 5.74) is 4.29. The van der Waals surface area contributed by atoms with E-state index in [0.717, 1.165) is 6.42 Å². The van der Waals surface area contributed by atoms with E-state index in [4.69, 9.17) is 4.74 Å². The Balaban J connectivity index is 2.30. The average Bonchev–Trinajstić information content (AvgIpc) is 2.83. The maximum atomic E-state index is 6.04. The summed E-state index contributed by atoms with van der Waals surface area (Å²) in [6.45, 7) is 11.2. The lowest BCUT2D eigenvalue weighted by Crippen LogP contribution is -2.16. The number of benzene rings is 1. The highest BCUT2D eigenvalue weighted by Gasteiger charge is 2.30. The van der Waals surface area contributed by atoms with Gasteiger partial charge < -0.3 is 4.74 Å². The topological polar surface area (TPSA) is 9.23 Å². The SMILES string of the molecule is CC1CCC(C(Br)c2ccc(C(C)C)cc2C(C)C)O1. The maximum absolute atomic E-state index is 6.04. The molecule has 3 unspecified atom stereocenters. The van der Waals surface area contributed by atoms with Crippen LogP contribution in [0.2, 0.25) is 0 Å². The summed E-state index contributed by atoms with van der Waals surface area (Å²) >= 11 is 3.90. The van der Waals surface area contributed by atoms with Gasteiger partial charge in [0, 0.05) is 0 Å². The quantitative estimate of drug-likeness (QED) is 0.617. The van der Waals surface area contributed by atoms with Crippen molar-refractivity contribution in [3.05, 3.63) is 34.9 Å². The second kappa shape index (κ2) is 6.62. The van der Waals surface area contributed by atoms with Crippen molar-refractivity contribution in [2.45, 2.75) is 76.3 Å². The van der Waals surface area contributed by atoms with Gasteiger partial charge in [-0.15, -0.1) is 0 Å². The van der Waals surface area contributed by atoms with Crippen molar-refractivity contribution in [3.8, 4) is 0 Å². The fraction of sp³-hybridized carbons (Fsp3) is 0.667. The molecule has 0 N–H and O–H groups in total. The summed E-state index contributed by atoms with van der Waals surface area (Å²) in [4.78, 5) is 0.311. The Hall–Kier alpha value is -0.340. The molecule has 0 bridgehead atoms. The molecule has 1 fully saturated rings. The fourth-order valence-electron chi connectivity index (χ4n) is 2.95. The van der Waals surface area contributed by atoms with E-state index in [1.807, 2.05) is 0 Å². The van der Waals surface area contributed by atoms with Crippen LogP contribution in [0.3, 0.4) is 0 Å². The van der Waals surface area contributed by atoms with Gasteiger partial charge in [0.1, 0.15) is 0 Å². The Morgan fingerprint density at radius 1 is 1.05 bits per heavy atom. The molecule has 0 saturated carbocycles. The largest absolute Gasteiger partial charge is 0.374 e. The Morgan fingerprint density at radius 2 is 1.75 bits per heavy atom. The highest BCUT2D eigenvalue weighted by molar-refractivity contribution is 9.09. The van der Waals surface area contributed by atoms with E-state index in [9.17, 15) is 0 Å². The molecule has 1 aromatic rings. The van der Waals surface area contributed by atoms with Gasteiger partial charge in [0.15, 0.2) is 0 Å². The Bertz CT molecular complexity index is 453. The maximum Gasteiger partial charge on any atom is 0.0745 e. The van der Waals surface area contributed by atoms with Gasteiger partial charge in [0.2, 0.25) is 0 Å². The first-order valence-electron chi connectivity index (χ1n) is 7.83. The van der Waals surface area contributed by atoms with Crippen molar-refractivity contribution in [2.24, 2.45) is 0 Å². The summed E-state index contributed by atoms with van der Waals surface area (Å²) in [7, 11) is 0. The summed E-state index contributed by atoms with van der Waals surface area (Å²) in [5.74, 6) is 1.13. The molecule has 0 radical (unpaired) electrons. The molecule has 1 aromatic carbocycles. The molecular weight excluding hydrogens is 312 g/mol. The molecule has 20 heavy (non-hydrogen) atoms. The summed E-state index contributed by atoms with van der Waals surface area (Å²) in [5, 5.41) is 0. The van der Waals surface area contributed by atoms with Crippen LogP contribution in [0.5, 0.6) is 0 Å². The molecule has 3 atom stereocenters. The molecule has 1 nitrogen and oxygen atoms in total. The predicted molar refractivity (Wildman–Crippen MR) is 89.9 cm³/mol. The zero-order chi connectivity index (χ0) is 14.9. The number of rotatable bonds is 4. The van der Waals surface area contributed by atoms with Crippen LogP contribution < -0.4 is 0 Å². The second-order valence-electron chi connectivity index (χ2n) is 6.66. The smallest absolute Gasteiger partial charge is 0.0745 e. The third-order valence-corrected chi connectivity index (χ3v) is 5.37. The van der Waals surface area contributed by atoms with Gasteiger partial charge in [-0.05, 0) is 48.3 Å². The van der Waals surface area contributed by atoms with E-state index in [2.05, 4.69) is 68.7 Å². The van der Waals surface area contributed by atoms with Crippen molar-refractivity contribution < 1.29 is 4.74 Å². The highest BCUT2D eigenvalue weighted by atomic mass is 79.9. The van der Waals surface area contributed by atoms with Crippen molar-refractivity contribution in [2.75, 3.05) is 0 Å². The zero-order valence-electron chi connectivity index (χ0n) is 13.3. The normalized spacial score (nSPS) is 24.6. The van der Waals surface area contributed by atoms with Crippen molar-refractivity contribution >= 4 is 15.9 Å². The standard InChI is InChI=1S/C18H27BrO/c1-11(2)14-7-8-15(16(10-14)12(3)4)18(19)17-9-6-13(5)20-17/h7-8,10-13,17-18H,6,9H2,1-5H3. The van der Waals surface area contributed by atoms with E-state index < -0.39 is 0 Å². The minimum absolute atomic E-state index is 0.311. The van der Waals surface area contributed by atoms with Crippen LogP contribution in [0.4, 0.5) is 0 Å². The molecule has 0 spiro atoms. The van der Waals surface area contributed by atoms with E-state index in [0.29, 0.717) is 28.9 Å². The minimum atomic E-state index is 0.311. The molecule has 1 heterocycles. The number of hydrogen-bond donors (Lipinski definition) is 0. The van der Waals surface area contributed by atoms with Gasteiger partial charge in [-0.25, -0.2) is 0 Å². The van der Waals surface area contributed by atoms with Gasteiger partial charge >= 0.3 is 0 Å². The molecule has 112 valence electrons. The first-order valence-corrected chi connectivity index (χ1v) is 8.75. The van der Waals surface area contributed by atoms with Gasteiger partial charge in [-0.3, -0.25) is 0 Å². The molecule has 2 heteroatoms. The molecule has 0 aromatic heterocycles. The van der Waals surface area contributed by atoms with E-state index in [1.54, 1.807) is 0 Å². The third-order valence-electron chi connectivity index (χ3n) is 4.29. The molecular formula is C18H27BrO. The lowest BCUT2D eigenvalue weighted by Gasteiger charge is -2.24. The zero-order valence-corrected chi connectivity index (χ0v) is 14.9. The third kappa shape index (κ3) is 3.46. The molecule has 2 rings (SSSR count). The fourth-order valence-corrected chi connectivity index (χ4v) is 3.76. The summed E-state index contributed by atoms with van der Waals surface area (Å²) in [6.07, 6.45) is 3.04. The number of alkyl halides is 1. The summed E-state index contributed by atoms with van der Waals surface area (Å²) < 4.78 is 6.04. The van der Waals surface area contributed by atoms with Crippen LogP contribution in [-0.4, -0.2) is 12.2 Å². The van der Waals surface area contributed by atoms with Crippen LogP contribution in [0, 0.1) is 0 Å². The molecule has 0 aliphatic carbocycles. The first-order chi connectivity index (χ1) is 9.40. The van der Waals surface area contributed by atoms with E-state index >= 15 is 0 Å². The van der Waals surface area contributed by atoms with Crippen molar-refractivity contribution in [1.29, 1.82) is 0 Å². The molecule has 1 aliphatic rings. The van der Waals surface area contributed by atoms with E-state index in [1.165, 1.54) is 23.1 Å². The van der Waals surface area contributed by atoms with Gasteiger partial charge in [0.05, 0.1) is 17.0 Å². The van der Waals surface area contributed by atoms with E-state index in [-0.39, 0.29) is 0 Å². The Labute approximate surface area is 132 Å². The number of hydrogen-bond acceptors (Lipinski definition) is 1. The number of ether oxygens (including phenoxy) is 1. The van der Waals surface area contributed by atoms with Gasteiger partial charge in [-0.2, -0.15) is 0 Å². The van der Waals surface area contributed by atoms with Crippen LogP contribution in [-0.2, 0) is 4.74 Å². The molecule has 0 amide bonds. The average molecular weight is 339 g/mol. The Kier molecular flexibility index (Phi) is 5.30.